The predicted octanol–water partition coefficient (Wildman–Crippen LogP) is 5.16. The van der Waals surface area contributed by atoms with E-state index in [1.807, 2.05) is 18.2 Å². The molecule has 3 aromatic rings. The molecule has 0 saturated carbocycles. The van der Waals surface area contributed by atoms with E-state index in [1.54, 1.807) is 12.1 Å². The number of methoxy groups -OCH3 is 1. The van der Waals surface area contributed by atoms with Gasteiger partial charge in [-0.25, -0.2) is 4.39 Å². The van der Waals surface area contributed by atoms with Crippen molar-refractivity contribution in [2.75, 3.05) is 19.0 Å². The van der Waals surface area contributed by atoms with Gasteiger partial charge in [-0.05, 0) is 36.6 Å². The van der Waals surface area contributed by atoms with Crippen LogP contribution in [0.2, 0.25) is 5.02 Å². The van der Waals surface area contributed by atoms with Crippen molar-refractivity contribution < 1.29 is 9.13 Å². The Morgan fingerprint density at radius 2 is 1.93 bits per heavy atom. The minimum absolute atomic E-state index is 0.279. The topological polar surface area (TPSA) is 47.0 Å². The molecule has 0 aliphatic rings. The first-order chi connectivity index (χ1) is 13.1. The van der Waals surface area contributed by atoms with Gasteiger partial charge in [-0.1, -0.05) is 42.8 Å². The van der Waals surface area contributed by atoms with Crippen molar-refractivity contribution in [1.29, 1.82) is 0 Å². The normalized spacial score (nSPS) is 10.7. The third-order valence-electron chi connectivity index (χ3n) is 4.26. The van der Waals surface area contributed by atoms with Crippen LogP contribution in [-0.2, 0) is 12.8 Å². The number of benzene rings is 2. The van der Waals surface area contributed by atoms with Gasteiger partial charge in [0, 0.05) is 28.8 Å². The molecular formula is C21H21ClFN3O. The number of aromatic nitrogens is 2. The van der Waals surface area contributed by atoms with Crippen LogP contribution in [0.25, 0.3) is 11.3 Å². The Labute approximate surface area is 163 Å². The van der Waals surface area contributed by atoms with E-state index in [-0.39, 0.29) is 11.8 Å². The Balaban J connectivity index is 1.79. The second kappa shape index (κ2) is 8.82. The quantitative estimate of drug-likeness (QED) is 0.610. The maximum absolute atomic E-state index is 13.9. The fraction of sp³-hybridized carbons (Fsp3) is 0.238. The van der Waals surface area contributed by atoms with Crippen molar-refractivity contribution in [2.24, 2.45) is 0 Å². The van der Waals surface area contributed by atoms with Gasteiger partial charge in [-0.15, -0.1) is 0 Å². The summed E-state index contributed by atoms with van der Waals surface area (Å²) in [6.07, 6.45) is 1.39. The van der Waals surface area contributed by atoms with Crippen molar-refractivity contribution in [3.63, 3.8) is 0 Å². The molecule has 0 atom stereocenters. The number of ether oxygens (including phenoxy) is 1. The summed E-state index contributed by atoms with van der Waals surface area (Å²) in [7, 11) is 1.53. The van der Waals surface area contributed by atoms with Crippen molar-refractivity contribution in [1.82, 2.24) is 9.97 Å². The fourth-order valence-corrected chi connectivity index (χ4v) is 3.05. The number of rotatable bonds is 7. The van der Waals surface area contributed by atoms with Gasteiger partial charge in [-0.3, -0.25) is 0 Å². The van der Waals surface area contributed by atoms with Crippen LogP contribution in [0.1, 0.15) is 18.1 Å². The van der Waals surface area contributed by atoms with Gasteiger partial charge in [0.15, 0.2) is 0 Å². The molecular weight excluding hydrogens is 365 g/mol. The maximum atomic E-state index is 13.9. The molecule has 4 nitrogen and oxygen atoms in total. The molecule has 0 spiro atoms. The second-order valence-electron chi connectivity index (χ2n) is 6.06. The first kappa shape index (κ1) is 19.1. The number of anilines is 1. The lowest BCUT2D eigenvalue weighted by Crippen LogP contribution is -2.09. The Bertz CT molecular complexity index is 913. The Morgan fingerprint density at radius 3 is 2.67 bits per heavy atom. The highest BCUT2D eigenvalue weighted by Crippen LogP contribution is 2.24. The molecule has 6 heteroatoms. The highest BCUT2D eigenvalue weighted by Gasteiger charge is 2.10. The standard InChI is InChI=1S/C21H21ClFN3O/c1-3-14-6-4-7-15(12-14)19-13-20(26-21(25-19)27-2)24-11-10-16-17(22)8-5-9-18(16)23/h4-9,12-13H,3,10-11H2,1-2H3,(H,24,25,26). The number of halogens is 2. The van der Waals surface area contributed by atoms with Gasteiger partial charge in [0.25, 0.3) is 0 Å². The fourth-order valence-electron chi connectivity index (χ4n) is 2.79. The van der Waals surface area contributed by atoms with Gasteiger partial charge in [0.05, 0.1) is 12.8 Å². The average molecular weight is 386 g/mol. The summed E-state index contributed by atoms with van der Waals surface area (Å²) >= 11 is 6.08. The Morgan fingerprint density at radius 1 is 1.11 bits per heavy atom. The first-order valence-corrected chi connectivity index (χ1v) is 9.17. The molecule has 0 unspecified atom stereocenters. The van der Waals surface area contributed by atoms with Crippen LogP contribution in [0.3, 0.4) is 0 Å². The van der Waals surface area contributed by atoms with E-state index in [0.717, 1.165) is 17.7 Å². The lowest BCUT2D eigenvalue weighted by atomic mass is 10.1. The molecule has 1 aromatic heterocycles. The van der Waals surface area contributed by atoms with Crippen LogP contribution >= 0.6 is 11.6 Å². The van der Waals surface area contributed by atoms with E-state index in [4.69, 9.17) is 16.3 Å². The van der Waals surface area contributed by atoms with Gasteiger partial charge >= 0.3 is 6.01 Å². The molecule has 1 heterocycles. The van der Waals surface area contributed by atoms with Crippen molar-refractivity contribution in [3.05, 3.63) is 70.5 Å². The highest BCUT2D eigenvalue weighted by atomic mass is 35.5. The van der Waals surface area contributed by atoms with E-state index in [1.165, 1.54) is 18.7 Å². The summed E-state index contributed by atoms with van der Waals surface area (Å²) in [4.78, 5) is 8.76. The largest absolute Gasteiger partial charge is 0.467 e. The molecule has 0 amide bonds. The van der Waals surface area contributed by atoms with Gasteiger partial charge in [0.1, 0.15) is 11.6 Å². The molecule has 27 heavy (non-hydrogen) atoms. The maximum Gasteiger partial charge on any atom is 0.318 e. The lowest BCUT2D eigenvalue weighted by Gasteiger charge is -2.11. The van der Waals surface area contributed by atoms with Crippen LogP contribution in [-0.4, -0.2) is 23.6 Å². The molecule has 3 rings (SSSR count). The molecule has 1 N–H and O–H groups in total. The van der Waals surface area contributed by atoms with Gasteiger partial charge < -0.3 is 10.1 Å². The summed E-state index contributed by atoms with van der Waals surface area (Å²) in [5.74, 6) is 0.313. The minimum atomic E-state index is -0.304. The number of hydrogen-bond donors (Lipinski definition) is 1. The Hall–Kier alpha value is -2.66. The van der Waals surface area contributed by atoms with E-state index >= 15 is 0 Å². The summed E-state index contributed by atoms with van der Waals surface area (Å²) < 4.78 is 19.1. The number of hydrogen-bond acceptors (Lipinski definition) is 4. The molecule has 0 aliphatic heterocycles. The van der Waals surface area contributed by atoms with Gasteiger partial charge in [0.2, 0.25) is 0 Å². The first-order valence-electron chi connectivity index (χ1n) is 8.80. The smallest absolute Gasteiger partial charge is 0.318 e. The van der Waals surface area contributed by atoms with E-state index in [0.29, 0.717) is 29.4 Å². The van der Waals surface area contributed by atoms with Crippen LogP contribution in [0.4, 0.5) is 10.2 Å². The molecule has 2 aromatic carbocycles. The van der Waals surface area contributed by atoms with E-state index < -0.39 is 0 Å². The monoisotopic (exact) mass is 385 g/mol. The summed E-state index contributed by atoms with van der Waals surface area (Å²) in [6, 6.07) is 15.0. The van der Waals surface area contributed by atoms with Crippen LogP contribution in [0.5, 0.6) is 6.01 Å². The third kappa shape index (κ3) is 4.74. The predicted molar refractivity (Wildman–Crippen MR) is 107 cm³/mol. The average Bonchev–Trinajstić information content (AvgIpc) is 2.70. The number of nitrogens with zero attached hydrogens (tertiary/aromatic N) is 2. The van der Waals surface area contributed by atoms with E-state index in [2.05, 4.69) is 34.3 Å². The number of nitrogens with one attached hydrogen (secondary N) is 1. The molecule has 0 saturated heterocycles. The zero-order valence-electron chi connectivity index (χ0n) is 15.3. The molecule has 0 aliphatic carbocycles. The lowest BCUT2D eigenvalue weighted by molar-refractivity contribution is 0.381. The van der Waals surface area contributed by atoms with E-state index in [9.17, 15) is 4.39 Å². The third-order valence-corrected chi connectivity index (χ3v) is 4.62. The SMILES string of the molecule is CCc1cccc(-c2cc(NCCc3c(F)cccc3Cl)nc(OC)n2)c1. The summed E-state index contributed by atoms with van der Waals surface area (Å²) in [6.45, 7) is 2.59. The van der Waals surface area contributed by atoms with Crippen molar-refractivity contribution in [3.8, 4) is 17.3 Å². The molecule has 0 fully saturated rings. The van der Waals surface area contributed by atoms with Crippen LogP contribution in [0.15, 0.2) is 48.5 Å². The minimum Gasteiger partial charge on any atom is -0.467 e. The zero-order valence-corrected chi connectivity index (χ0v) is 16.1. The van der Waals surface area contributed by atoms with Crippen LogP contribution < -0.4 is 10.1 Å². The zero-order chi connectivity index (χ0) is 19.2. The Kier molecular flexibility index (Phi) is 6.24. The second-order valence-corrected chi connectivity index (χ2v) is 6.46. The van der Waals surface area contributed by atoms with Crippen LogP contribution in [0, 0.1) is 5.82 Å². The van der Waals surface area contributed by atoms with Crippen molar-refractivity contribution in [2.45, 2.75) is 19.8 Å². The van der Waals surface area contributed by atoms with Gasteiger partial charge in [-0.2, -0.15) is 9.97 Å². The molecule has 140 valence electrons. The summed E-state index contributed by atoms with van der Waals surface area (Å²) in [5, 5.41) is 3.63. The summed E-state index contributed by atoms with van der Waals surface area (Å²) in [5.41, 5.74) is 3.48. The van der Waals surface area contributed by atoms with Crippen molar-refractivity contribution >= 4 is 17.4 Å². The number of aryl methyl sites for hydroxylation is 1. The molecule has 0 radical (unpaired) electrons. The molecule has 0 bridgehead atoms. The highest BCUT2D eigenvalue weighted by molar-refractivity contribution is 6.31.